The molecule has 3 atom stereocenters. The molecule has 1 N–H and O–H groups in total. The fourth-order valence-corrected chi connectivity index (χ4v) is 3.96. The topological polar surface area (TPSA) is 37.3 Å². The van der Waals surface area contributed by atoms with Crippen LogP contribution >= 0.6 is 0 Å². The first-order chi connectivity index (χ1) is 7.07. The van der Waals surface area contributed by atoms with Crippen LogP contribution in [0.1, 0.15) is 39.5 Å². The van der Waals surface area contributed by atoms with E-state index in [1.165, 1.54) is 12.7 Å². The maximum absolute atomic E-state index is 11.4. The summed E-state index contributed by atoms with van der Waals surface area (Å²) in [5, 5.41) is 8.74. The van der Waals surface area contributed by atoms with Gasteiger partial charge in [0, 0.05) is 5.41 Å². The number of carbonyl (C=O) groups excluding carboxylic acids is 1. The van der Waals surface area contributed by atoms with Crippen molar-refractivity contribution < 1.29 is 9.90 Å². The van der Waals surface area contributed by atoms with Crippen molar-refractivity contribution in [3.63, 3.8) is 0 Å². The Hall–Kier alpha value is -0.790. The zero-order chi connectivity index (χ0) is 11.1. The number of rotatable bonds is 3. The molecule has 2 aliphatic carbocycles. The molecule has 15 heavy (non-hydrogen) atoms. The molecule has 0 heterocycles. The van der Waals surface area contributed by atoms with E-state index in [0.29, 0.717) is 11.8 Å². The van der Waals surface area contributed by atoms with Crippen LogP contribution in [0.3, 0.4) is 0 Å². The SMILES string of the molecule is CC1(C)C(CC=CO)C2CCC1(C=O)C2. The fourth-order valence-electron chi connectivity index (χ4n) is 3.96. The van der Waals surface area contributed by atoms with Gasteiger partial charge < -0.3 is 9.90 Å². The van der Waals surface area contributed by atoms with Gasteiger partial charge in [0.05, 0.1) is 6.26 Å². The van der Waals surface area contributed by atoms with E-state index in [-0.39, 0.29) is 10.8 Å². The zero-order valence-electron chi connectivity index (χ0n) is 9.57. The van der Waals surface area contributed by atoms with Gasteiger partial charge in [0.2, 0.25) is 0 Å². The van der Waals surface area contributed by atoms with Crippen LogP contribution in [-0.4, -0.2) is 11.4 Å². The number of hydrogen-bond acceptors (Lipinski definition) is 2. The van der Waals surface area contributed by atoms with E-state index < -0.39 is 0 Å². The average Bonchev–Trinajstić information content (AvgIpc) is 2.71. The first kappa shape index (κ1) is 10.7. The highest BCUT2D eigenvalue weighted by atomic mass is 16.2. The highest BCUT2D eigenvalue weighted by Gasteiger charge is 2.61. The molecule has 0 aliphatic heterocycles. The van der Waals surface area contributed by atoms with E-state index in [4.69, 9.17) is 5.11 Å². The van der Waals surface area contributed by atoms with Gasteiger partial charge in [-0.2, -0.15) is 0 Å². The number of hydrogen-bond donors (Lipinski definition) is 1. The molecule has 2 nitrogen and oxygen atoms in total. The Kier molecular flexibility index (Phi) is 2.40. The monoisotopic (exact) mass is 208 g/mol. The summed E-state index contributed by atoms with van der Waals surface area (Å²) in [6.45, 7) is 4.44. The van der Waals surface area contributed by atoms with Gasteiger partial charge in [-0.05, 0) is 49.0 Å². The second-order valence-electron chi connectivity index (χ2n) is 5.73. The number of aliphatic hydroxyl groups is 1. The summed E-state index contributed by atoms with van der Waals surface area (Å²) < 4.78 is 0. The molecular formula is C13H20O2. The fraction of sp³-hybridized carbons (Fsp3) is 0.769. The highest BCUT2D eigenvalue weighted by Crippen LogP contribution is 2.66. The Morgan fingerprint density at radius 1 is 1.47 bits per heavy atom. The van der Waals surface area contributed by atoms with Crippen LogP contribution in [0, 0.1) is 22.7 Å². The quantitative estimate of drug-likeness (QED) is 0.571. The van der Waals surface area contributed by atoms with Crippen molar-refractivity contribution in [1.29, 1.82) is 0 Å². The summed E-state index contributed by atoms with van der Waals surface area (Å²) in [5.74, 6) is 1.24. The predicted molar refractivity (Wildman–Crippen MR) is 59.5 cm³/mol. The van der Waals surface area contributed by atoms with Crippen molar-refractivity contribution in [2.24, 2.45) is 22.7 Å². The van der Waals surface area contributed by atoms with Gasteiger partial charge in [-0.1, -0.05) is 13.8 Å². The third-order valence-corrected chi connectivity index (χ3v) is 5.09. The van der Waals surface area contributed by atoms with Gasteiger partial charge >= 0.3 is 0 Å². The molecule has 2 aliphatic rings. The Morgan fingerprint density at radius 3 is 2.73 bits per heavy atom. The molecule has 2 saturated carbocycles. The number of allylic oxidation sites excluding steroid dienone is 1. The van der Waals surface area contributed by atoms with Gasteiger partial charge in [0.25, 0.3) is 0 Å². The number of aldehydes is 1. The van der Waals surface area contributed by atoms with Crippen LogP contribution in [0.4, 0.5) is 0 Å². The lowest BCUT2D eigenvalue weighted by Gasteiger charge is -2.43. The molecule has 0 aromatic carbocycles. The van der Waals surface area contributed by atoms with E-state index in [1.807, 2.05) is 6.08 Å². The average molecular weight is 208 g/mol. The summed E-state index contributed by atoms with van der Waals surface area (Å²) in [7, 11) is 0. The molecule has 84 valence electrons. The van der Waals surface area contributed by atoms with Crippen LogP contribution in [0.2, 0.25) is 0 Å². The van der Waals surface area contributed by atoms with Crippen LogP contribution in [0.5, 0.6) is 0 Å². The van der Waals surface area contributed by atoms with E-state index in [2.05, 4.69) is 13.8 Å². The van der Waals surface area contributed by atoms with E-state index >= 15 is 0 Å². The largest absolute Gasteiger partial charge is 0.516 e. The molecule has 0 aromatic heterocycles. The minimum Gasteiger partial charge on any atom is -0.516 e. The lowest BCUT2D eigenvalue weighted by molar-refractivity contribution is -0.122. The third-order valence-electron chi connectivity index (χ3n) is 5.09. The van der Waals surface area contributed by atoms with Crippen molar-refractivity contribution in [2.45, 2.75) is 39.5 Å². The molecule has 3 unspecified atom stereocenters. The van der Waals surface area contributed by atoms with Crippen molar-refractivity contribution in [2.75, 3.05) is 0 Å². The van der Waals surface area contributed by atoms with Crippen LogP contribution in [-0.2, 0) is 4.79 Å². The second kappa shape index (κ2) is 3.36. The summed E-state index contributed by atoms with van der Waals surface area (Å²) in [4.78, 5) is 11.4. The first-order valence-corrected chi connectivity index (χ1v) is 5.83. The molecule has 2 bridgehead atoms. The third kappa shape index (κ3) is 1.27. The molecule has 0 aromatic rings. The molecule has 0 spiro atoms. The maximum Gasteiger partial charge on any atom is 0.126 e. The van der Waals surface area contributed by atoms with Crippen molar-refractivity contribution >= 4 is 6.29 Å². The maximum atomic E-state index is 11.4. The second-order valence-corrected chi connectivity index (χ2v) is 5.73. The Balaban J connectivity index is 2.25. The minimum atomic E-state index is -0.0777. The van der Waals surface area contributed by atoms with E-state index in [0.717, 1.165) is 25.5 Å². The van der Waals surface area contributed by atoms with Crippen molar-refractivity contribution in [1.82, 2.24) is 0 Å². The van der Waals surface area contributed by atoms with E-state index in [9.17, 15) is 4.79 Å². The lowest BCUT2D eigenvalue weighted by Crippen LogP contribution is -2.40. The normalized spacial score (nSPS) is 42.5. The van der Waals surface area contributed by atoms with Crippen molar-refractivity contribution in [3.05, 3.63) is 12.3 Å². The lowest BCUT2D eigenvalue weighted by atomic mass is 9.60. The smallest absolute Gasteiger partial charge is 0.126 e. The van der Waals surface area contributed by atoms with Crippen LogP contribution in [0.25, 0.3) is 0 Å². The minimum absolute atomic E-state index is 0.0777. The van der Waals surface area contributed by atoms with Gasteiger partial charge in [-0.25, -0.2) is 0 Å². The summed E-state index contributed by atoms with van der Waals surface area (Å²) >= 11 is 0. The Bertz CT molecular complexity index is 293. The number of fused-ring (bicyclic) bond motifs is 2. The molecule has 2 rings (SSSR count). The van der Waals surface area contributed by atoms with Gasteiger partial charge in [0.15, 0.2) is 0 Å². The van der Waals surface area contributed by atoms with Gasteiger partial charge in [-0.3, -0.25) is 0 Å². The van der Waals surface area contributed by atoms with E-state index in [1.54, 1.807) is 0 Å². The van der Waals surface area contributed by atoms with Crippen LogP contribution in [0.15, 0.2) is 12.3 Å². The number of aliphatic hydroxyl groups excluding tert-OH is 1. The number of carbonyl (C=O) groups is 1. The molecule has 0 saturated heterocycles. The predicted octanol–water partition coefficient (Wildman–Crippen LogP) is 3.09. The standard InChI is InChI=1S/C13H20O2/c1-12(2)11(4-3-7-14)10-5-6-13(12,8-10)9-15/h3,7,9-11,14H,4-6,8H2,1-2H3. The van der Waals surface area contributed by atoms with Crippen molar-refractivity contribution in [3.8, 4) is 0 Å². The summed E-state index contributed by atoms with van der Waals surface area (Å²) in [5.41, 5.74) is 0.0167. The highest BCUT2D eigenvalue weighted by molar-refractivity contribution is 5.63. The zero-order valence-corrected chi connectivity index (χ0v) is 9.57. The van der Waals surface area contributed by atoms with Gasteiger partial charge in [0.1, 0.15) is 6.29 Å². The first-order valence-electron chi connectivity index (χ1n) is 5.83. The molecular weight excluding hydrogens is 188 g/mol. The molecule has 2 fully saturated rings. The Morgan fingerprint density at radius 2 is 2.20 bits per heavy atom. The molecule has 0 amide bonds. The molecule has 2 heteroatoms. The summed E-state index contributed by atoms with van der Waals surface area (Å²) in [6.07, 6.45) is 8.38. The van der Waals surface area contributed by atoms with Crippen LogP contribution < -0.4 is 0 Å². The summed E-state index contributed by atoms with van der Waals surface area (Å²) in [6, 6.07) is 0. The molecule has 0 radical (unpaired) electrons. The van der Waals surface area contributed by atoms with Gasteiger partial charge in [-0.15, -0.1) is 0 Å². The Labute approximate surface area is 91.4 Å².